The number of thioether (sulfide) groups is 1. The maximum absolute atomic E-state index is 6.17. The Bertz CT molecular complexity index is 463. The van der Waals surface area contributed by atoms with E-state index in [2.05, 4.69) is 49.1 Å². The summed E-state index contributed by atoms with van der Waals surface area (Å²) in [6.07, 6.45) is 4.74. The molecule has 1 atom stereocenters. The number of aryl methyl sites for hydroxylation is 1. The Hall–Kier alpha value is -0.670. The Balaban J connectivity index is 1.69. The summed E-state index contributed by atoms with van der Waals surface area (Å²) < 4.78 is 6.17. The quantitative estimate of drug-likeness (QED) is 0.884. The standard InChI is InChI=1S/C17H25NOS/c1-13-4-3-5-16(14(13)2)18-15-6-9-19-17(12-15)7-10-20-11-8-17/h3-5,15,18H,6-12H2,1-2H3. The molecule has 2 nitrogen and oxygen atoms in total. The summed E-state index contributed by atoms with van der Waals surface area (Å²) in [5, 5.41) is 3.77. The highest BCUT2D eigenvalue weighted by molar-refractivity contribution is 7.99. The molecule has 3 rings (SSSR count). The molecule has 110 valence electrons. The fraction of sp³-hybridized carbons (Fsp3) is 0.647. The van der Waals surface area contributed by atoms with Crippen molar-refractivity contribution in [3.63, 3.8) is 0 Å². The molecule has 0 aromatic heterocycles. The van der Waals surface area contributed by atoms with E-state index < -0.39 is 0 Å². The van der Waals surface area contributed by atoms with E-state index in [9.17, 15) is 0 Å². The van der Waals surface area contributed by atoms with Crippen LogP contribution in [0, 0.1) is 13.8 Å². The predicted octanol–water partition coefficient (Wildman–Crippen LogP) is 4.16. The molecule has 0 bridgehead atoms. The lowest BCUT2D eigenvalue weighted by atomic mass is 9.85. The SMILES string of the molecule is Cc1cccc(NC2CCOC3(CCSCC3)C2)c1C. The van der Waals surface area contributed by atoms with Gasteiger partial charge in [0.15, 0.2) is 0 Å². The highest BCUT2D eigenvalue weighted by atomic mass is 32.2. The average molecular weight is 291 g/mol. The van der Waals surface area contributed by atoms with Crippen LogP contribution in [0.25, 0.3) is 0 Å². The van der Waals surface area contributed by atoms with E-state index in [0.29, 0.717) is 6.04 Å². The number of rotatable bonds is 2. The molecule has 1 aromatic rings. The molecule has 1 unspecified atom stereocenters. The summed E-state index contributed by atoms with van der Waals surface area (Å²) in [5.41, 5.74) is 4.22. The minimum absolute atomic E-state index is 0.166. The van der Waals surface area contributed by atoms with Gasteiger partial charge in [-0.25, -0.2) is 0 Å². The van der Waals surface area contributed by atoms with Gasteiger partial charge in [-0.1, -0.05) is 12.1 Å². The summed E-state index contributed by atoms with van der Waals surface area (Å²) >= 11 is 2.07. The van der Waals surface area contributed by atoms with Gasteiger partial charge in [0.05, 0.1) is 5.60 Å². The van der Waals surface area contributed by atoms with Crippen molar-refractivity contribution in [2.45, 2.75) is 51.2 Å². The zero-order valence-corrected chi connectivity index (χ0v) is 13.4. The molecule has 2 saturated heterocycles. The molecule has 3 heteroatoms. The van der Waals surface area contributed by atoms with E-state index in [0.717, 1.165) is 13.0 Å². The lowest BCUT2D eigenvalue weighted by Crippen LogP contribution is -2.46. The Morgan fingerprint density at radius 2 is 2.05 bits per heavy atom. The van der Waals surface area contributed by atoms with Gasteiger partial charge < -0.3 is 10.1 Å². The van der Waals surface area contributed by atoms with Crippen molar-refractivity contribution in [2.24, 2.45) is 0 Å². The predicted molar refractivity (Wildman–Crippen MR) is 87.8 cm³/mol. The van der Waals surface area contributed by atoms with Gasteiger partial charge in [0.2, 0.25) is 0 Å². The van der Waals surface area contributed by atoms with Gasteiger partial charge in [-0.3, -0.25) is 0 Å². The van der Waals surface area contributed by atoms with Crippen LogP contribution in [0.15, 0.2) is 18.2 Å². The molecule has 0 saturated carbocycles. The summed E-state index contributed by atoms with van der Waals surface area (Å²) in [6, 6.07) is 7.11. The van der Waals surface area contributed by atoms with Gasteiger partial charge in [-0.15, -0.1) is 0 Å². The molecule has 2 aliphatic heterocycles. The van der Waals surface area contributed by atoms with Gasteiger partial charge in [0.25, 0.3) is 0 Å². The molecule has 0 radical (unpaired) electrons. The second-order valence-electron chi connectivity index (χ2n) is 6.23. The van der Waals surface area contributed by atoms with E-state index in [1.165, 1.54) is 47.6 Å². The molecule has 2 heterocycles. The van der Waals surface area contributed by atoms with Crippen LogP contribution < -0.4 is 5.32 Å². The van der Waals surface area contributed by atoms with Crippen LogP contribution in [-0.4, -0.2) is 29.8 Å². The molecule has 1 spiro atoms. The minimum atomic E-state index is 0.166. The Kier molecular flexibility index (Phi) is 4.27. The lowest BCUT2D eigenvalue weighted by molar-refractivity contribution is -0.0865. The minimum Gasteiger partial charge on any atom is -0.382 e. The summed E-state index contributed by atoms with van der Waals surface area (Å²) in [6.45, 7) is 5.31. The van der Waals surface area contributed by atoms with Crippen LogP contribution in [0.4, 0.5) is 5.69 Å². The first-order valence-corrected chi connectivity index (χ1v) is 8.88. The van der Waals surface area contributed by atoms with Crippen LogP contribution in [0.1, 0.15) is 36.8 Å². The molecular formula is C17H25NOS. The van der Waals surface area contributed by atoms with Gasteiger partial charge in [0.1, 0.15) is 0 Å². The number of ether oxygens (including phenoxy) is 1. The smallest absolute Gasteiger partial charge is 0.0717 e. The number of benzene rings is 1. The van der Waals surface area contributed by atoms with Crippen LogP contribution in [0.3, 0.4) is 0 Å². The second kappa shape index (κ2) is 5.98. The highest BCUT2D eigenvalue weighted by Crippen LogP contribution is 2.38. The van der Waals surface area contributed by atoms with E-state index in [4.69, 9.17) is 4.74 Å². The molecule has 0 amide bonds. The summed E-state index contributed by atoms with van der Waals surface area (Å²) in [7, 11) is 0. The maximum atomic E-state index is 6.17. The van der Waals surface area contributed by atoms with Crippen molar-refractivity contribution in [3.05, 3.63) is 29.3 Å². The lowest BCUT2D eigenvalue weighted by Gasteiger charge is -2.43. The molecule has 1 aromatic carbocycles. The van der Waals surface area contributed by atoms with Crippen LogP contribution in [-0.2, 0) is 4.74 Å². The van der Waals surface area contributed by atoms with Crippen molar-refractivity contribution >= 4 is 17.4 Å². The summed E-state index contributed by atoms with van der Waals surface area (Å²) in [5.74, 6) is 2.52. The number of anilines is 1. The zero-order chi connectivity index (χ0) is 14.0. The van der Waals surface area contributed by atoms with E-state index >= 15 is 0 Å². The topological polar surface area (TPSA) is 21.3 Å². The number of hydrogen-bond donors (Lipinski definition) is 1. The fourth-order valence-electron chi connectivity index (χ4n) is 3.37. The van der Waals surface area contributed by atoms with Crippen molar-refractivity contribution in [1.82, 2.24) is 0 Å². The third-order valence-electron chi connectivity index (χ3n) is 4.86. The Labute approximate surface area is 126 Å². The van der Waals surface area contributed by atoms with Crippen LogP contribution in [0.5, 0.6) is 0 Å². The normalized spacial score (nSPS) is 25.6. The fourth-order valence-corrected chi connectivity index (χ4v) is 4.61. The Morgan fingerprint density at radius 3 is 2.85 bits per heavy atom. The average Bonchev–Trinajstić information content (AvgIpc) is 2.45. The van der Waals surface area contributed by atoms with E-state index in [1.54, 1.807) is 0 Å². The van der Waals surface area contributed by atoms with Crippen molar-refractivity contribution in [3.8, 4) is 0 Å². The molecule has 2 aliphatic rings. The largest absolute Gasteiger partial charge is 0.382 e. The summed E-state index contributed by atoms with van der Waals surface area (Å²) in [4.78, 5) is 0. The van der Waals surface area contributed by atoms with Crippen LogP contribution in [0.2, 0.25) is 0 Å². The second-order valence-corrected chi connectivity index (χ2v) is 7.45. The first-order valence-electron chi connectivity index (χ1n) is 7.73. The highest BCUT2D eigenvalue weighted by Gasteiger charge is 2.38. The van der Waals surface area contributed by atoms with Gasteiger partial charge in [-0.2, -0.15) is 11.8 Å². The van der Waals surface area contributed by atoms with Gasteiger partial charge in [-0.05, 0) is 68.2 Å². The third-order valence-corrected chi connectivity index (χ3v) is 5.85. The monoisotopic (exact) mass is 291 g/mol. The maximum Gasteiger partial charge on any atom is 0.0717 e. The number of hydrogen-bond acceptors (Lipinski definition) is 3. The Morgan fingerprint density at radius 1 is 1.25 bits per heavy atom. The van der Waals surface area contributed by atoms with E-state index in [1.807, 2.05) is 0 Å². The molecule has 0 aliphatic carbocycles. The van der Waals surface area contributed by atoms with E-state index in [-0.39, 0.29) is 5.60 Å². The van der Waals surface area contributed by atoms with Crippen LogP contribution >= 0.6 is 11.8 Å². The van der Waals surface area contributed by atoms with Crippen molar-refractivity contribution in [2.75, 3.05) is 23.4 Å². The molecule has 20 heavy (non-hydrogen) atoms. The van der Waals surface area contributed by atoms with Crippen molar-refractivity contribution in [1.29, 1.82) is 0 Å². The first-order chi connectivity index (χ1) is 9.69. The third kappa shape index (κ3) is 2.99. The molecular weight excluding hydrogens is 266 g/mol. The van der Waals surface area contributed by atoms with Crippen molar-refractivity contribution < 1.29 is 4.74 Å². The van der Waals surface area contributed by atoms with Gasteiger partial charge in [0, 0.05) is 18.3 Å². The zero-order valence-electron chi connectivity index (χ0n) is 12.6. The first kappa shape index (κ1) is 14.3. The van der Waals surface area contributed by atoms with Gasteiger partial charge >= 0.3 is 0 Å². The molecule has 1 N–H and O–H groups in total. The number of nitrogens with one attached hydrogen (secondary N) is 1. The molecule has 2 fully saturated rings.